The van der Waals surface area contributed by atoms with Gasteiger partial charge in [-0.3, -0.25) is 0 Å². The number of rotatable bonds is 5. The third kappa shape index (κ3) is 4.44. The smallest absolute Gasteiger partial charge is 0.128 e. The van der Waals surface area contributed by atoms with Crippen LogP contribution in [0, 0.1) is 12.3 Å². The van der Waals surface area contributed by atoms with E-state index in [1.54, 1.807) is 6.21 Å². The molecule has 0 aliphatic heterocycles. The van der Waals surface area contributed by atoms with Crippen LogP contribution >= 0.6 is 0 Å². The quantitative estimate of drug-likeness (QED) is 0.336. The summed E-state index contributed by atoms with van der Waals surface area (Å²) in [5.41, 5.74) is 2.53. The topological polar surface area (TPSA) is 21.6 Å². The van der Waals surface area contributed by atoms with Crippen molar-refractivity contribution in [3.8, 4) is 12.3 Å². The van der Waals surface area contributed by atoms with Crippen LogP contribution in [0.4, 0.5) is 0 Å². The molecular formula is C17H21NO. The highest BCUT2D eigenvalue weighted by atomic mass is 16.6. The van der Waals surface area contributed by atoms with Gasteiger partial charge in [0.25, 0.3) is 0 Å². The van der Waals surface area contributed by atoms with Gasteiger partial charge in [0, 0.05) is 6.42 Å². The van der Waals surface area contributed by atoms with Crippen LogP contribution in [0.3, 0.4) is 0 Å². The SMILES string of the molecule is C#CCCON=Cc1ccc(C2CCCCC2)cc1. The van der Waals surface area contributed by atoms with E-state index in [0.29, 0.717) is 13.0 Å². The summed E-state index contributed by atoms with van der Waals surface area (Å²) in [7, 11) is 0. The van der Waals surface area contributed by atoms with Crippen molar-refractivity contribution in [2.24, 2.45) is 5.16 Å². The van der Waals surface area contributed by atoms with Gasteiger partial charge >= 0.3 is 0 Å². The second-order valence-electron chi connectivity index (χ2n) is 5.02. The van der Waals surface area contributed by atoms with E-state index in [1.165, 1.54) is 37.7 Å². The van der Waals surface area contributed by atoms with Crippen LogP contribution in [0.2, 0.25) is 0 Å². The van der Waals surface area contributed by atoms with Crippen LogP contribution < -0.4 is 0 Å². The molecule has 19 heavy (non-hydrogen) atoms. The van der Waals surface area contributed by atoms with Gasteiger partial charge in [-0.25, -0.2) is 0 Å². The second-order valence-corrected chi connectivity index (χ2v) is 5.02. The van der Waals surface area contributed by atoms with Gasteiger partial charge in [-0.1, -0.05) is 48.7 Å². The first-order valence-electron chi connectivity index (χ1n) is 7.09. The van der Waals surface area contributed by atoms with Gasteiger partial charge in [-0.05, 0) is 29.9 Å². The van der Waals surface area contributed by atoms with E-state index in [9.17, 15) is 0 Å². The van der Waals surface area contributed by atoms with Gasteiger partial charge in [-0.2, -0.15) is 0 Å². The molecule has 1 aromatic rings. The van der Waals surface area contributed by atoms with Gasteiger partial charge in [0.1, 0.15) is 6.61 Å². The van der Waals surface area contributed by atoms with Crippen LogP contribution in [0.1, 0.15) is 55.6 Å². The molecule has 2 heteroatoms. The molecule has 0 bridgehead atoms. The van der Waals surface area contributed by atoms with E-state index in [0.717, 1.165) is 11.5 Å². The summed E-state index contributed by atoms with van der Waals surface area (Å²) < 4.78 is 0. The molecule has 100 valence electrons. The Balaban J connectivity index is 1.85. The molecule has 1 aliphatic carbocycles. The highest BCUT2D eigenvalue weighted by molar-refractivity contribution is 5.79. The lowest BCUT2D eigenvalue weighted by atomic mass is 9.84. The molecule has 0 radical (unpaired) electrons. The Morgan fingerprint density at radius 3 is 2.63 bits per heavy atom. The molecule has 0 spiro atoms. The molecule has 0 saturated heterocycles. The average molecular weight is 255 g/mol. The monoisotopic (exact) mass is 255 g/mol. The zero-order chi connectivity index (χ0) is 13.3. The van der Waals surface area contributed by atoms with Gasteiger partial charge in [0.2, 0.25) is 0 Å². The second kappa shape index (κ2) is 7.63. The maximum Gasteiger partial charge on any atom is 0.128 e. The summed E-state index contributed by atoms with van der Waals surface area (Å²) in [4.78, 5) is 5.05. The number of hydrogen-bond donors (Lipinski definition) is 0. The molecule has 0 amide bonds. The van der Waals surface area contributed by atoms with Crippen molar-refractivity contribution in [1.82, 2.24) is 0 Å². The van der Waals surface area contributed by atoms with E-state index in [-0.39, 0.29) is 0 Å². The number of nitrogens with zero attached hydrogens (tertiary/aromatic N) is 1. The third-order valence-corrected chi connectivity index (χ3v) is 3.63. The molecule has 1 saturated carbocycles. The fourth-order valence-corrected chi connectivity index (χ4v) is 2.55. The zero-order valence-electron chi connectivity index (χ0n) is 11.3. The van der Waals surface area contributed by atoms with E-state index < -0.39 is 0 Å². The highest BCUT2D eigenvalue weighted by Crippen LogP contribution is 2.32. The van der Waals surface area contributed by atoms with Crippen molar-refractivity contribution in [3.05, 3.63) is 35.4 Å². The van der Waals surface area contributed by atoms with Crippen molar-refractivity contribution in [2.75, 3.05) is 6.61 Å². The Kier molecular flexibility index (Phi) is 5.49. The predicted molar refractivity (Wildman–Crippen MR) is 79.3 cm³/mol. The molecule has 0 unspecified atom stereocenters. The van der Waals surface area contributed by atoms with Crippen molar-refractivity contribution in [2.45, 2.75) is 44.4 Å². The minimum Gasteiger partial charge on any atom is -0.395 e. The molecule has 1 aromatic carbocycles. The van der Waals surface area contributed by atoms with Crippen molar-refractivity contribution in [3.63, 3.8) is 0 Å². The molecule has 0 atom stereocenters. The summed E-state index contributed by atoms with van der Waals surface area (Å²) in [6.45, 7) is 0.479. The van der Waals surface area contributed by atoms with Crippen LogP contribution in [-0.2, 0) is 4.84 Å². The summed E-state index contributed by atoms with van der Waals surface area (Å²) in [6.07, 6.45) is 14.3. The van der Waals surface area contributed by atoms with Gasteiger partial charge in [0.05, 0.1) is 6.21 Å². The summed E-state index contributed by atoms with van der Waals surface area (Å²) in [5, 5.41) is 3.90. The van der Waals surface area contributed by atoms with Crippen LogP contribution in [0.5, 0.6) is 0 Å². The summed E-state index contributed by atoms with van der Waals surface area (Å²) in [6, 6.07) is 8.66. The van der Waals surface area contributed by atoms with E-state index >= 15 is 0 Å². The van der Waals surface area contributed by atoms with Crippen LogP contribution in [0.15, 0.2) is 29.4 Å². The number of terminal acetylenes is 1. The van der Waals surface area contributed by atoms with Gasteiger partial charge in [0.15, 0.2) is 0 Å². The fraction of sp³-hybridized carbons (Fsp3) is 0.471. The molecule has 0 N–H and O–H groups in total. The summed E-state index contributed by atoms with van der Waals surface area (Å²) >= 11 is 0. The van der Waals surface area contributed by atoms with E-state index in [2.05, 4.69) is 35.3 Å². The summed E-state index contributed by atoms with van der Waals surface area (Å²) in [5.74, 6) is 3.27. The fourth-order valence-electron chi connectivity index (χ4n) is 2.55. The molecule has 2 nitrogen and oxygen atoms in total. The first-order valence-corrected chi connectivity index (χ1v) is 7.09. The Morgan fingerprint density at radius 2 is 1.95 bits per heavy atom. The Bertz CT molecular complexity index is 435. The lowest BCUT2D eigenvalue weighted by molar-refractivity contribution is 0.152. The Labute approximate surface area is 115 Å². The van der Waals surface area contributed by atoms with Crippen LogP contribution in [0.25, 0.3) is 0 Å². The molecule has 2 rings (SSSR count). The van der Waals surface area contributed by atoms with Gasteiger partial charge < -0.3 is 4.84 Å². The predicted octanol–water partition coefficient (Wildman–Crippen LogP) is 4.11. The minimum absolute atomic E-state index is 0.479. The molecule has 1 aliphatic rings. The molecule has 1 fully saturated rings. The lowest BCUT2D eigenvalue weighted by Crippen LogP contribution is -2.04. The molecular weight excluding hydrogens is 234 g/mol. The molecule has 0 aromatic heterocycles. The van der Waals surface area contributed by atoms with E-state index in [1.807, 2.05) is 0 Å². The highest BCUT2D eigenvalue weighted by Gasteiger charge is 2.14. The molecule has 0 heterocycles. The Hall–Kier alpha value is -1.75. The maximum absolute atomic E-state index is 5.13. The lowest BCUT2D eigenvalue weighted by Gasteiger charge is -2.21. The number of benzene rings is 1. The Morgan fingerprint density at radius 1 is 1.21 bits per heavy atom. The van der Waals surface area contributed by atoms with Crippen molar-refractivity contribution in [1.29, 1.82) is 0 Å². The van der Waals surface area contributed by atoms with Crippen molar-refractivity contribution >= 4 is 6.21 Å². The third-order valence-electron chi connectivity index (χ3n) is 3.63. The van der Waals surface area contributed by atoms with E-state index in [4.69, 9.17) is 11.3 Å². The maximum atomic E-state index is 5.13. The number of hydrogen-bond acceptors (Lipinski definition) is 2. The normalized spacial score (nSPS) is 16.4. The minimum atomic E-state index is 0.479. The standard InChI is InChI=1S/C17H21NO/c1-2-3-13-19-18-14-15-9-11-17(12-10-15)16-7-5-4-6-8-16/h1,9-12,14,16H,3-8,13H2. The van der Waals surface area contributed by atoms with Crippen LogP contribution in [-0.4, -0.2) is 12.8 Å². The average Bonchev–Trinajstić information content (AvgIpc) is 2.49. The largest absolute Gasteiger partial charge is 0.395 e. The first-order chi connectivity index (χ1) is 9.40. The van der Waals surface area contributed by atoms with Crippen molar-refractivity contribution < 1.29 is 4.84 Å². The first kappa shape index (κ1) is 13.7. The number of oxime groups is 1. The van der Waals surface area contributed by atoms with Gasteiger partial charge in [-0.15, -0.1) is 12.3 Å². The zero-order valence-corrected chi connectivity index (χ0v) is 11.3.